The number of carbonyl (C=O) groups excluding carboxylic acids is 1. The number of ether oxygens (including phenoxy) is 3. The fraction of sp³-hybridized carbons (Fsp3) is 0.171. The van der Waals surface area contributed by atoms with Gasteiger partial charge in [-0.05, 0) is 63.3 Å². The number of halogens is 2. The molecule has 0 amide bonds. The van der Waals surface area contributed by atoms with E-state index >= 15 is 0 Å². The molecular formula is C35H30BrClN4O4S. The van der Waals surface area contributed by atoms with Gasteiger partial charge in [0, 0.05) is 16.5 Å². The van der Waals surface area contributed by atoms with Crippen molar-refractivity contribution in [1.29, 1.82) is 0 Å². The standard InChI is InChI=1S/C35H30BrClN4O4S/c1-22-30(33(42)45-20-24-13-7-4-8-14-24)31(41-34(38-22)39-35(40-41)46-21-25-15-9-10-16-28(25)37)26-17-27(36)32(29(18-26)43-2)44-19-23-11-5-3-6-12-23/h3-18,31H,19-21H2,1-2H3,(H,38,39,40). The zero-order chi connectivity index (χ0) is 32.0. The van der Waals surface area contributed by atoms with Crippen LogP contribution in [0, 0.1) is 0 Å². The molecule has 1 aromatic heterocycles. The van der Waals surface area contributed by atoms with Crippen LogP contribution in [0.25, 0.3) is 0 Å². The first kappa shape index (κ1) is 31.7. The molecule has 46 heavy (non-hydrogen) atoms. The summed E-state index contributed by atoms with van der Waals surface area (Å²) in [5.74, 6) is 1.67. The van der Waals surface area contributed by atoms with Crippen molar-refractivity contribution < 1.29 is 19.0 Å². The van der Waals surface area contributed by atoms with Gasteiger partial charge >= 0.3 is 5.97 Å². The van der Waals surface area contributed by atoms with Crippen LogP contribution in [0.5, 0.6) is 11.5 Å². The third-order valence-electron chi connectivity index (χ3n) is 7.37. The van der Waals surface area contributed by atoms with Crippen molar-refractivity contribution in [3.63, 3.8) is 0 Å². The van der Waals surface area contributed by atoms with Gasteiger partial charge in [-0.15, -0.1) is 5.10 Å². The van der Waals surface area contributed by atoms with Crippen LogP contribution in [0.15, 0.2) is 118 Å². The first-order valence-electron chi connectivity index (χ1n) is 14.5. The largest absolute Gasteiger partial charge is 0.493 e. The number of nitrogens with one attached hydrogen (secondary N) is 1. The summed E-state index contributed by atoms with van der Waals surface area (Å²) in [5.41, 5.74) is 4.64. The number of aromatic nitrogens is 3. The number of methoxy groups -OCH3 is 1. The molecule has 11 heteroatoms. The number of rotatable bonds is 11. The average molecular weight is 718 g/mol. The second kappa shape index (κ2) is 14.5. The monoisotopic (exact) mass is 716 g/mol. The minimum atomic E-state index is -0.671. The molecule has 0 bridgehead atoms. The van der Waals surface area contributed by atoms with E-state index in [9.17, 15) is 4.79 Å². The van der Waals surface area contributed by atoms with E-state index in [4.69, 9.17) is 35.9 Å². The van der Waals surface area contributed by atoms with Gasteiger partial charge in [0.2, 0.25) is 11.1 Å². The summed E-state index contributed by atoms with van der Waals surface area (Å²) in [4.78, 5) is 18.6. The highest BCUT2D eigenvalue weighted by Gasteiger charge is 2.36. The van der Waals surface area contributed by atoms with E-state index in [2.05, 4.69) is 21.2 Å². The lowest BCUT2D eigenvalue weighted by Crippen LogP contribution is -2.29. The van der Waals surface area contributed by atoms with E-state index in [-0.39, 0.29) is 6.61 Å². The Labute approximate surface area is 284 Å². The minimum absolute atomic E-state index is 0.131. The molecular weight excluding hydrogens is 688 g/mol. The fourth-order valence-electron chi connectivity index (χ4n) is 5.09. The molecule has 1 atom stereocenters. The van der Waals surface area contributed by atoms with Gasteiger partial charge in [0.1, 0.15) is 19.3 Å². The van der Waals surface area contributed by atoms with Crippen molar-refractivity contribution in [3.05, 3.63) is 140 Å². The summed E-state index contributed by atoms with van der Waals surface area (Å²) in [6, 6.07) is 30.3. The van der Waals surface area contributed by atoms with Gasteiger partial charge in [0.05, 0.1) is 17.2 Å². The minimum Gasteiger partial charge on any atom is -0.493 e. The van der Waals surface area contributed by atoms with Crippen LogP contribution < -0.4 is 14.8 Å². The summed E-state index contributed by atoms with van der Waals surface area (Å²) in [6.07, 6.45) is 0. The molecule has 1 unspecified atom stereocenters. The Bertz CT molecular complexity index is 1880. The van der Waals surface area contributed by atoms with Gasteiger partial charge in [-0.25, -0.2) is 9.48 Å². The van der Waals surface area contributed by atoms with Crippen LogP contribution in [0.2, 0.25) is 5.02 Å². The third-order valence-corrected chi connectivity index (χ3v) is 9.22. The number of thioether (sulfide) groups is 1. The smallest absolute Gasteiger partial charge is 0.338 e. The number of allylic oxidation sites excluding steroid dienone is 1. The van der Waals surface area contributed by atoms with Crippen LogP contribution in [0.3, 0.4) is 0 Å². The van der Waals surface area contributed by atoms with Crippen LogP contribution in [0.4, 0.5) is 5.95 Å². The Balaban J connectivity index is 1.35. The predicted octanol–water partition coefficient (Wildman–Crippen LogP) is 8.61. The molecule has 1 N–H and O–H groups in total. The van der Waals surface area contributed by atoms with Crippen LogP contribution in [-0.2, 0) is 28.5 Å². The number of esters is 1. The highest BCUT2D eigenvalue weighted by molar-refractivity contribution is 9.10. The number of hydrogen-bond acceptors (Lipinski definition) is 8. The van der Waals surface area contributed by atoms with E-state index in [0.717, 1.165) is 22.3 Å². The number of nitrogens with zero attached hydrogens (tertiary/aromatic N) is 3. The van der Waals surface area contributed by atoms with Gasteiger partial charge in [-0.2, -0.15) is 4.98 Å². The van der Waals surface area contributed by atoms with Crippen molar-refractivity contribution in [3.8, 4) is 11.5 Å². The molecule has 4 aromatic carbocycles. The molecule has 234 valence electrons. The van der Waals surface area contributed by atoms with E-state index in [0.29, 0.717) is 55.7 Å². The number of anilines is 1. The zero-order valence-electron chi connectivity index (χ0n) is 25.1. The van der Waals surface area contributed by atoms with E-state index in [1.807, 2.05) is 104 Å². The molecule has 0 fully saturated rings. The quantitative estimate of drug-likeness (QED) is 0.107. The zero-order valence-corrected chi connectivity index (χ0v) is 28.2. The molecule has 6 rings (SSSR count). The van der Waals surface area contributed by atoms with E-state index < -0.39 is 12.0 Å². The summed E-state index contributed by atoms with van der Waals surface area (Å²) < 4.78 is 20.2. The molecule has 0 spiro atoms. The van der Waals surface area contributed by atoms with Gasteiger partial charge < -0.3 is 19.5 Å². The maximum absolute atomic E-state index is 13.8. The van der Waals surface area contributed by atoms with E-state index in [1.165, 1.54) is 11.8 Å². The first-order chi connectivity index (χ1) is 22.4. The topological polar surface area (TPSA) is 87.5 Å². The normalized spacial score (nSPS) is 14.0. The number of carbonyl (C=O) groups is 1. The molecule has 1 aliphatic rings. The van der Waals surface area contributed by atoms with Crippen molar-refractivity contribution in [2.24, 2.45) is 0 Å². The molecule has 1 aliphatic heterocycles. The summed E-state index contributed by atoms with van der Waals surface area (Å²) in [7, 11) is 1.59. The molecule has 0 radical (unpaired) electrons. The van der Waals surface area contributed by atoms with Crippen molar-refractivity contribution in [2.45, 2.75) is 37.1 Å². The van der Waals surface area contributed by atoms with Crippen molar-refractivity contribution in [2.75, 3.05) is 12.4 Å². The Kier molecular flexibility index (Phi) is 9.97. The van der Waals surface area contributed by atoms with Gasteiger partial charge in [-0.1, -0.05) is 102 Å². The maximum atomic E-state index is 13.8. The number of benzene rings is 4. The molecule has 5 aromatic rings. The van der Waals surface area contributed by atoms with Crippen molar-refractivity contribution >= 4 is 51.2 Å². The van der Waals surface area contributed by atoms with Crippen molar-refractivity contribution in [1.82, 2.24) is 14.8 Å². The Morgan fingerprint density at radius 1 is 0.978 bits per heavy atom. The fourth-order valence-corrected chi connectivity index (χ4v) is 6.78. The van der Waals surface area contributed by atoms with Gasteiger partial charge in [0.15, 0.2) is 11.5 Å². The average Bonchev–Trinajstić information content (AvgIpc) is 3.48. The highest BCUT2D eigenvalue weighted by Crippen LogP contribution is 2.43. The summed E-state index contributed by atoms with van der Waals surface area (Å²) in [6.45, 7) is 2.33. The molecule has 0 aliphatic carbocycles. The Morgan fingerprint density at radius 3 is 2.35 bits per heavy atom. The molecule has 2 heterocycles. The van der Waals surface area contributed by atoms with Crippen LogP contribution in [-0.4, -0.2) is 27.8 Å². The predicted molar refractivity (Wildman–Crippen MR) is 183 cm³/mol. The SMILES string of the molecule is COc1cc(C2C(C(=O)OCc3ccccc3)=C(C)Nc3nc(SCc4ccccc4Cl)nn32)cc(Br)c1OCc1ccccc1. The number of hydrogen-bond donors (Lipinski definition) is 1. The van der Waals surface area contributed by atoms with E-state index in [1.54, 1.807) is 11.8 Å². The van der Waals surface area contributed by atoms with Crippen LogP contribution >= 0.6 is 39.3 Å². The molecule has 0 saturated carbocycles. The molecule has 0 saturated heterocycles. The lowest BCUT2D eigenvalue weighted by atomic mass is 9.95. The Hall–Kier alpha value is -4.25. The number of fused-ring (bicyclic) bond motifs is 1. The maximum Gasteiger partial charge on any atom is 0.338 e. The second-order valence-corrected chi connectivity index (χ2v) is 12.7. The third kappa shape index (κ3) is 7.09. The Morgan fingerprint density at radius 2 is 1.65 bits per heavy atom. The summed E-state index contributed by atoms with van der Waals surface area (Å²) >= 11 is 11.6. The van der Waals surface area contributed by atoms with Gasteiger partial charge in [-0.3, -0.25) is 0 Å². The van der Waals surface area contributed by atoms with Crippen LogP contribution in [0.1, 0.15) is 35.2 Å². The summed E-state index contributed by atoms with van der Waals surface area (Å²) in [5, 5.41) is 9.35. The molecule has 8 nitrogen and oxygen atoms in total. The first-order valence-corrected chi connectivity index (χ1v) is 16.6. The second-order valence-electron chi connectivity index (χ2n) is 10.5. The lowest BCUT2D eigenvalue weighted by molar-refractivity contribution is -0.140. The highest BCUT2D eigenvalue weighted by atomic mass is 79.9. The lowest BCUT2D eigenvalue weighted by Gasteiger charge is -2.29. The van der Waals surface area contributed by atoms with Gasteiger partial charge in [0.25, 0.3) is 0 Å².